The largest absolute Gasteiger partial charge is 0.298 e. The molecule has 0 atom stereocenters. The van der Waals surface area contributed by atoms with Gasteiger partial charge >= 0.3 is 0 Å². The summed E-state index contributed by atoms with van der Waals surface area (Å²) in [6.07, 6.45) is 3.03. The Balaban J connectivity index is 1.95. The third kappa shape index (κ3) is 4.16. The molecule has 0 radical (unpaired) electrons. The van der Waals surface area contributed by atoms with E-state index in [4.69, 9.17) is 11.6 Å². The summed E-state index contributed by atoms with van der Waals surface area (Å²) >= 11 is 7.98. The number of hydrogen-bond acceptors (Lipinski definition) is 3. The molecule has 94 valence electrons. The van der Waals surface area contributed by atoms with Gasteiger partial charge in [0.25, 0.3) is 0 Å². The second kappa shape index (κ2) is 5.59. The van der Waals surface area contributed by atoms with Gasteiger partial charge in [-0.15, -0.1) is 0 Å². The van der Waals surface area contributed by atoms with E-state index in [0.29, 0.717) is 9.90 Å². The van der Waals surface area contributed by atoms with Gasteiger partial charge in [0.2, 0.25) is 0 Å². The second-order valence-corrected chi connectivity index (χ2v) is 7.31. The highest BCUT2D eigenvalue weighted by atomic mass is 35.5. The SMILES string of the molecule is CC1(C)CCN(Cc2ccnc(Cl)c2)CCS1. The number of halogens is 1. The minimum Gasteiger partial charge on any atom is -0.298 e. The van der Waals surface area contributed by atoms with Gasteiger partial charge in [0.15, 0.2) is 0 Å². The Morgan fingerprint density at radius 3 is 3.06 bits per heavy atom. The van der Waals surface area contributed by atoms with E-state index >= 15 is 0 Å². The molecule has 0 aliphatic carbocycles. The smallest absolute Gasteiger partial charge is 0.129 e. The van der Waals surface area contributed by atoms with E-state index in [0.717, 1.165) is 13.1 Å². The van der Waals surface area contributed by atoms with Crippen molar-refractivity contribution in [2.24, 2.45) is 0 Å². The van der Waals surface area contributed by atoms with E-state index in [1.165, 1.54) is 24.3 Å². The number of nitrogens with zero attached hydrogens (tertiary/aromatic N) is 2. The molecule has 1 saturated heterocycles. The van der Waals surface area contributed by atoms with E-state index in [1.807, 2.05) is 6.07 Å². The van der Waals surface area contributed by atoms with Crippen LogP contribution in [0, 0.1) is 0 Å². The third-order valence-corrected chi connectivity index (χ3v) is 4.71. The van der Waals surface area contributed by atoms with Crippen LogP contribution in [0.1, 0.15) is 25.8 Å². The Morgan fingerprint density at radius 1 is 1.47 bits per heavy atom. The number of rotatable bonds is 2. The van der Waals surface area contributed by atoms with Crippen molar-refractivity contribution in [2.75, 3.05) is 18.8 Å². The summed E-state index contributed by atoms with van der Waals surface area (Å²) in [6, 6.07) is 4.01. The van der Waals surface area contributed by atoms with Crippen LogP contribution in [0.2, 0.25) is 5.15 Å². The molecule has 4 heteroatoms. The average molecular weight is 271 g/mol. The predicted octanol–water partition coefficient (Wildman–Crippen LogP) is 3.45. The first-order valence-electron chi connectivity index (χ1n) is 6.02. The number of hydrogen-bond donors (Lipinski definition) is 0. The molecular weight excluding hydrogens is 252 g/mol. The van der Waals surface area contributed by atoms with E-state index in [2.05, 4.69) is 41.6 Å². The molecule has 0 aromatic carbocycles. The molecule has 1 aromatic heterocycles. The summed E-state index contributed by atoms with van der Waals surface area (Å²) in [4.78, 5) is 6.52. The van der Waals surface area contributed by atoms with Gasteiger partial charge in [-0.05, 0) is 30.7 Å². The summed E-state index contributed by atoms with van der Waals surface area (Å²) in [5, 5.41) is 0.590. The lowest BCUT2D eigenvalue weighted by Gasteiger charge is -2.22. The molecule has 2 rings (SSSR count). The molecule has 0 unspecified atom stereocenters. The van der Waals surface area contributed by atoms with Gasteiger partial charge in [0, 0.05) is 29.8 Å². The minimum atomic E-state index is 0.421. The van der Waals surface area contributed by atoms with Crippen LogP contribution in [-0.2, 0) is 6.54 Å². The number of pyridine rings is 1. The van der Waals surface area contributed by atoms with Gasteiger partial charge in [-0.2, -0.15) is 11.8 Å². The van der Waals surface area contributed by atoms with Crippen molar-refractivity contribution >= 4 is 23.4 Å². The van der Waals surface area contributed by atoms with Gasteiger partial charge < -0.3 is 0 Å². The zero-order chi connectivity index (χ0) is 12.3. The second-order valence-electron chi connectivity index (χ2n) is 5.12. The molecule has 17 heavy (non-hydrogen) atoms. The maximum absolute atomic E-state index is 5.91. The molecule has 1 aliphatic heterocycles. The van der Waals surface area contributed by atoms with E-state index < -0.39 is 0 Å². The van der Waals surface area contributed by atoms with Crippen LogP contribution < -0.4 is 0 Å². The van der Waals surface area contributed by atoms with Crippen LogP contribution in [0.5, 0.6) is 0 Å². The monoisotopic (exact) mass is 270 g/mol. The fourth-order valence-corrected chi connectivity index (χ4v) is 3.35. The summed E-state index contributed by atoms with van der Waals surface area (Å²) in [7, 11) is 0. The highest BCUT2D eigenvalue weighted by Crippen LogP contribution is 2.31. The Kier molecular flexibility index (Phi) is 4.34. The molecular formula is C13H19ClN2S. The Hall–Kier alpha value is -0.250. The molecule has 1 fully saturated rings. The predicted molar refractivity (Wildman–Crippen MR) is 75.7 cm³/mol. The van der Waals surface area contributed by atoms with Crippen LogP contribution in [-0.4, -0.2) is 33.5 Å². The van der Waals surface area contributed by atoms with Crippen molar-refractivity contribution < 1.29 is 0 Å². The lowest BCUT2D eigenvalue weighted by molar-refractivity contribution is 0.276. The lowest BCUT2D eigenvalue weighted by atomic mass is 10.1. The van der Waals surface area contributed by atoms with Crippen molar-refractivity contribution in [1.82, 2.24) is 9.88 Å². The van der Waals surface area contributed by atoms with E-state index in [1.54, 1.807) is 6.20 Å². The Bertz CT molecular complexity index is 381. The maximum Gasteiger partial charge on any atom is 0.129 e. The average Bonchev–Trinajstić information content (AvgIpc) is 2.41. The van der Waals surface area contributed by atoms with E-state index in [-0.39, 0.29) is 0 Å². The normalized spacial score (nSPS) is 21.1. The zero-order valence-electron chi connectivity index (χ0n) is 10.4. The van der Waals surface area contributed by atoms with Crippen LogP contribution in [0.3, 0.4) is 0 Å². The highest BCUT2D eigenvalue weighted by molar-refractivity contribution is 8.00. The van der Waals surface area contributed by atoms with Crippen molar-refractivity contribution in [3.05, 3.63) is 29.0 Å². The summed E-state index contributed by atoms with van der Waals surface area (Å²) in [5.74, 6) is 1.21. The first-order chi connectivity index (χ1) is 8.05. The van der Waals surface area contributed by atoms with Crippen molar-refractivity contribution in [1.29, 1.82) is 0 Å². The van der Waals surface area contributed by atoms with Crippen LogP contribution in [0.25, 0.3) is 0 Å². The lowest BCUT2D eigenvalue weighted by Crippen LogP contribution is -2.26. The molecule has 0 spiro atoms. The fraction of sp³-hybridized carbons (Fsp3) is 0.615. The first-order valence-corrected chi connectivity index (χ1v) is 7.38. The molecule has 0 saturated carbocycles. The molecule has 0 amide bonds. The molecule has 2 heterocycles. The maximum atomic E-state index is 5.91. The van der Waals surface area contributed by atoms with Crippen molar-refractivity contribution in [3.63, 3.8) is 0 Å². The van der Waals surface area contributed by atoms with Crippen molar-refractivity contribution in [2.45, 2.75) is 31.6 Å². The summed E-state index contributed by atoms with van der Waals surface area (Å²) < 4.78 is 0.421. The van der Waals surface area contributed by atoms with Crippen molar-refractivity contribution in [3.8, 4) is 0 Å². The van der Waals surface area contributed by atoms with Gasteiger partial charge in [-0.25, -0.2) is 4.98 Å². The Morgan fingerprint density at radius 2 is 2.29 bits per heavy atom. The Labute approximate surface area is 113 Å². The van der Waals surface area contributed by atoms with Gasteiger partial charge in [-0.3, -0.25) is 4.90 Å². The van der Waals surface area contributed by atoms with Crippen LogP contribution in [0.15, 0.2) is 18.3 Å². The zero-order valence-corrected chi connectivity index (χ0v) is 12.0. The van der Waals surface area contributed by atoms with Gasteiger partial charge in [0.1, 0.15) is 5.15 Å². The van der Waals surface area contributed by atoms with Gasteiger partial charge in [-0.1, -0.05) is 25.4 Å². The number of aromatic nitrogens is 1. The molecule has 0 bridgehead atoms. The fourth-order valence-electron chi connectivity index (χ4n) is 2.02. The number of thioether (sulfide) groups is 1. The minimum absolute atomic E-state index is 0.421. The highest BCUT2D eigenvalue weighted by Gasteiger charge is 2.23. The molecule has 2 nitrogen and oxygen atoms in total. The molecule has 1 aromatic rings. The molecule has 0 N–H and O–H groups in total. The quantitative estimate of drug-likeness (QED) is 0.766. The van der Waals surface area contributed by atoms with Crippen LogP contribution >= 0.6 is 23.4 Å². The summed E-state index contributed by atoms with van der Waals surface area (Å²) in [6.45, 7) is 7.99. The topological polar surface area (TPSA) is 16.1 Å². The molecule has 1 aliphatic rings. The summed E-state index contributed by atoms with van der Waals surface area (Å²) in [5.41, 5.74) is 1.26. The van der Waals surface area contributed by atoms with Gasteiger partial charge in [0.05, 0.1) is 0 Å². The van der Waals surface area contributed by atoms with Crippen LogP contribution in [0.4, 0.5) is 0 Å². The first kappa shape index (κ1) is 13.2. The third-order valence-electron chi connectivity index (χ3n) is 3.13. The standard InChI is InChI=1S/C13H19ClN2S/c1-13(2)4-6-16(7-8-17-13)10-11-3-5-15-12(14)9-11/h3,5,9H,4,6-8,10H2,1-2H3. The van der Waals surface area contributed by atoms with E-state index in [9.17, 15) is 0 Å².